The largest absolute Gasteiger partial charge is 0.494 e. The molecule has 2 N–H and O–H groups in total. The highest BCUT2D eigenvalue weighted by Gasteiger charge is 2.24. The quantitative estimate of drug-likeness (QED) is 0.879. The molecule has 0 aliphatic carbocycles. The molecule has 0 saturated carbocycles. The lowest BCUT2D eigenvalue weighted by molar-refractivity contribution is -0.118. The maximum absolute atomic E-state index is 14.0. The molecule has 1 fully saturated rings. The minimum Gasteiger partial charge on any atom is -0.494 e. The van der Waals surface area contributed by atoms with E-state index in [1.54, 1.807) is 18.2 Å². The third-order valence-electron chi connectivity index (χ3n) is 3.52. The molecule has 5 heteroatoms. The molecule has 0 bridgehead atoms. The van der Waals surface area contributed by atoms with Gasteiger partial charge in [-0.1, -0.05) is 12.1 Å². The predicted octanol–water partition coefficient (Wildman–Crippen LogP) is 1.53. The highest BCUT2D eigenvalue weighted by Crippen LogP contribution is 2.25. The van der Waals surface area contributed by atoms with Crippen LogP contribution in [0.3, 0.4) is 0 Å². The summed E-state index contributed by atoms with van der Waals surface area (Å²) in [5.74, 6) is -0.000635. The van der Waals surface area contributed by atoms with E-state index < -0.39 is 0 Å². The summed E-state index contributed by atoms with van der Waals surface area (Å²) in [6.45, 7) is 2.20. The topological polar surface area (TPSA) is 55.6 Å². The van der Waals surface area contributed by atoms with Crippen molar-refractivity contribution in [1.82, 2.24) is 4.90 Å². The van der Waals surface area contributed by atoms with Crippen LogP contribution in [0.1, 0.15) is 18.4 Å². The van der Waals surface area contributed by atoms with Crippen LogP contribution in [0, 0.1) is 11.7 Å². The summed E-state index contributed by atoms with van der Waals surface area (Å²) in [5.41, 5.74) is 5.82. The van der Waals surface area contributed by atoms with E-state index in [-0.39, 0.29) is 17.5 Å². The Morgan fingerprint density at radius 1 is 1.58 bits per heavy atom. The number of likely N-dealkylation sites (tertiary alicyclic amines) is 1. The van der Waals surface area contributed by atoms with Crippen molar-refractivity contribution in [3.05, 3.63) is 29.6 Å². The van der Waals surface area contributed by atoms with Crippen molar-refractivity contribution in [3.63, 3.8) is 0 Å². The van der Waals surface area contributed by atoms with Crippen molar-refractivity contribution in [2.75, 3.05) is 20.2 Å². The minimum absolute atomic E-state index is 0.264. The number of carbonyl (C=O) groups excluding carboxylic acids is 1. The van der Waals surface area contributed by atoms with Crippen LogP contribution < -0.4 is 10.5 Å². The van der Waals surface area contributed by atoms with Crippen LogP contribution in [-0.4, -0.2) is 31.0 Å². The van der Waals surface area contributed by atoms with Gasteiger partial charge in [0, 0.05) is 25.1 Å². The average molecular weight is 266 g/mol. The van der Waals surface area contributed by atoms with Crippen molar-refractivity contribution in [1.29, 1.82) is 0 Å². The summed E-state index contributed by atoms with van der Waals surface area (Å²) < 4.78 is 19.0. The lowest BCUT2D eigenvalue weighted by atomic mass is 10.1. The molecule has 0 spiro atoms. The van der Waals surface area contributed by atoms with E-state index >= 15 is 0 Å². The Hall–Kier alpha value is -1.62. The molecule has 4 nitrogen and oxygen atoms in total. The zero-order chi connectivity index (χ0) is 13.8. The van der Waals surface area contributed by atoms with Crippen molar-refractivity contribution < 1.29 is 13.9 Å². The zero-order valence-electron chi connectivity index (χ0n) is 11.1. The number of primary amides is 1. The van der Waals surface area contributed by atoms with Crippen LogP contribution in [0.5, 0.6) is 5.75 Å². The number of benzene rings is 1. The second kappa shape index (κ2) is 6.02. The SMILES string of the molecule is COc1cccc(CN2CCC(CC(N)=O)C2)c1F. The van der Waals surface area contributed by atoms with Crippen molar-refractivity contribution >= 4 is 5.91 Å². The van der Waals surface area contributed by atoms with Gasteiger partial charge < -0.3 is 10.5 Å². The van der Waals surface area contributed by atoms with Gasteiger partial charge in [-0.15, -0.1) is 0 Å². The average Bonchev–Trinajstić information content (AvgIpc) is 2.78. The van der Waals surface area contributed by atoms with Crippen LogP contribution in [-0.2, 0) is 11.3 Å². The zero-order valence-corrected chi connectivity index (χ0v) is 11.1. The summed E-state index contributed by atoms with van der Waals surface area (Å²) in [7, 11) is 1.46. The number of amides is 1. The van der Waals surface area contributed by atoms with Crippen molar-refractivity contribution in [2.45, 2.75) is 19.4 Å². The van der Waals surface area contributed by atoms with E-state index in [0.717, 1.165) is 19.5 Å². The normalized spacial score (nSPS) is 19.6. The molecule has 19 heavy (non-hydrogen) atoms. The summed E-state index contributed by atoms with van der Waals surface area (Å²) in [4.78, 5) is 13.0. The summed E-state index contributed by atoms with van der Waals surface area (Å²) >= 11 is 0. The fourth-order valence-corrected chi connectivity index (χ4v) is 2.58. The first-order chi connectivity index (χ1) is 9.10. The molecular weight excluding hydrogens is 247 g/mol. The summed E-state index contributed by atoms with van der Waals surface area (Å²) in [6.07, 6.45) is 1.35. The third kappa shape index (κ3) is 3.44. The number of hydrogen-bond acceptors (Lipinski definition) is 3. The smallest absolute Gasteiger partial charge is 0.217 e. The van der Waals surface area contributed by atoms with Gasteiger partial charge >= 0.3 is 0 Å². The van der Waals surface area contributed by atoms with Crippen molar-refractivity contribution in [3.8, 4) is 5.75 Å². The van der Waals surface area contributed by atoms with Crippen LogP contribution in [0.15, 0.2) is 18.2 Å². The molecule has 1 aliphatic heterocycles. The van der Waals surface area contributed by atoms with E-state index in [4.69, 9.17) is 10.5 Å². The highest BCUT2D eigenvalue weighted by atomic mass is 19.1. The number of nitrogens with zero attached hydrogens (tertiary/aromatic N) is 1. The van der Waals surface area contributed by atoms with Gasteiger partial charge in [0.25, 0.3) is 0 Å². The molecule has 1 unspecified atom stereocenters. The van der Waals surface area contributed by atoms with Crippen LogP contribution in [0.2, 0.25) is 0 Å². The first-order valence-electron chi connectivity index (χ1n) is 6.42. The summed E-state index contributed by atoms with van der Waals surface area (Å²) in [6, 6.07) is 5.16. The van der Waals surface area contributed by atoms with Gasteiger partial charge in [0.05, 0.1) is 7.11 Å². The molecule has 0 aromatic heterocycles. The molecule has 1 atom stereocenters. The van der Waals surface area contributed by atoms with E-state index in [9.17, 15) is 9.18 Å². The van der Waals surface area contributed by atoms with Crippen LogP contribution >= 0.6 is 0 Å². The molecule has 1 heterocycles. The fraction of sp³-hybridized carbons (Fsp3) is 0.500. The van der Waals surface area contributed by atoms with E-state index in [1.165, 1.54) is 7.11 Å². The van der Waals surface area contributed by atoms with E-state index in [1.807, 2.05) is 0 Å². The Bertz CT molecular complexity index is 465. The number of halogens is 1. The highest BCUT2D eigenvalue weighted by molar-refractivity contribution is 5.74. The Labute approximate surface area is 112 Å². The first-order valence-corrected chi connectivity index (χ1v) is 6.42. The lowest BCUT2D eigenvalue weighted by Gasteiger charge is -2.17. The van der Waals surface area contributed by atoms with Gasteiger partial charge in [-0.05, 0) is 24.9 Å². The number of rotatable bonds is 5. The molecule has 1 amide bonds. The molecule has 104 valence electrons. The maximum atomic E-state index is 14.0. The Morgan fingerprint density at radius 2 is 2.37 bits per heavy atom. The second-order valence-electron chi connectivity index (χ2n) is 4.99. The minimum atomic E-state index is -0.302. The number of nitrogens with two attached hydrogens (primary N) is 1. The van der Waals surface area contributed by atoms with Gasteiger partial charge in [-0.3, -0.25) is 9.69 Å². The summed E-state index contributed by atoms with van der Waals surface area (Å²) in [5, 5.41) is 0. The van der Waals surface area contributed by atoms with Gasteiger partial charge in [0.2, 0.25) is 5.91 Å². The lowest BCUT2D eigenvalue weighted by Crippen LogP contribution is -2.23. The number of carbonyl (C=O) groups is 1. The molecule has 1 saturated heterocycles. The Kier molecular flexibility index (Phi) is 4.37. The van der Waals surface area contributed by atoms with Gasteiger partial charge in [0.15, 0.2) is 11.6 Å². The Morgan fingerprint density at radius 3 is 3.05 bits per heavy atom. The van der Waals surface area contributed by atoms with Gasteiger partial charge in [0.1, 0.15) is 0 Å². The molecular formula is C14H19FN2O2. The predicted molar refractivity (Wildman–Crippen MR) is 70.1 cm³/mol. The first kappa shape index (κ1) is 13.8. The standard InChI is InChI=1S/C14H19FN2O2/c1-19-12-4-2-3-11(14(12)15)9-17-6-5-10(8-17)7-13(16)18/h2-4,10H,5-9H2,1H3,(H2,16,18). The third-order valence-corrected chi connectivity index (χ3v) is 3.52. The molecule has 0 radical (unpaired) electrons. The molecule has 1 aromatic rings. The monoisotopic (exact) mass is 266 g/mol. The van der Waals surface area contributed by atoms with E-state index in [2.05, 4.69) is 4.90 Å². The van der Waals surface area contributed by atoms with E-state index in [0.29, 0.717) is 24.4 Å². The molecule has 1 aromatic carbocycles. The van der Waals surface area contributed by atoms with Crippen LogP contribution in [0.25, 0.3) is 0 Å². The molecule has 1 aliphatic rings. The Balaban J connectivity index is 1.97. The number of hydrogen-bond donors (Lipinski definition) is 1. The second-order valence-corrected chi connectivity index (χ2v) is 4.99. The van der Waals surface area contributed by atoms with Crippen LogP contribution in [0.4, 0.5) is 4.39 Å². The van der Waals surface area contributed by atoms with Gasteiger partial charge in [-0.25, -0.2) is 4.39 Å². The number of methoxy groups -OCH3 is 1. The fourth-order valence-electron chi connectivity index (χ4n) is 2.58. The van der Waals surface area contributed by atoms with Gasteiger partial charge in [-0.2, -0.15) is 0 Å². The number of ether oxygens (including phenoxy) is 1. The maximum Gasteiger partial charge on any atom is 0.217 e. The van der Waals surface area contributed by atoms with Crippen molar-refractivity contribution in [2.24, 2.45) is 11.7 Å². The molecule has 2 rings (SSSR count).